The minimum absolute atomic E-state index is 0.0349. The van der Waals surface area contributed by atoms with Crippen molar-refractivity contribution < 1.29 is 9.53 Å². The van der Waals surface area contributed by atoms with Gasteiger partial charge < -0.3 is 4.74 Å². The fraction of sp³-hybridized carbons (Fsp3) is 0.316. The molecule has 2 rings (SSSR count). The van der Waals surface area contributed by atoms with Gasteiger partial charge >= 0.3 is 0 Å². The number of para-hydroxylation sites is 1. The number of hydrogen-bond donors (Lipinski definition) is 0. The van der Waals surface area contributed by atoms with Crippen molar-refractivity contribution in [2.24, 2.45) is 0 Å². The average Bonchev–Trinajstić information content (AvgIpc) is 2.36. The molecule has 2 heteroatoms. The zero-order valence-electron chi connectivity index (χ0n) is 13.4. The van der Waals surface area contributed by atoms with Crippen LogP contribution in [0.3, 0.4) is 0 Å². The number of carbonyl (C=O) groups excluding carboxylic acids is 1. The molecule has 0 aromatic heterocycles. The number of ketones is 1. The van der Waals surface area contributed by atoms with E-state index in [-0.39, 0.29) is 12.4 Å². The average molecular weight is 282 g/mol. The molecule has 0 amide bonds. The number of hydrogen-bond acceptors (Lipinski definition) is 2. The number of ether oxygens (including phenoxy) is 1. The molecular formula is C19H22O2. The standard InChI is InChI=1S/C19H22O2/c1-12-9-15(4)18(16(5)10-12)17(20)11-21-19-13(2)7-6-8-14(19)3/h6-10H,11H2,1-5H3. The fourth-order valence-electron chi connectivity index (χ4n) is 2.86. The van der Waals surface area contributed by atoms with Crippen molar-refractivity contribution in [2.45, 2.75) is 34.6 Å². The topological polar surface area (TPSA) is 26.3 Å². The van der Waals surface area contributed by atoms with Gasteiger partial charge in [-0.2, -0.15) is 0 Å². The van der Waals surface area contributed by atoms with Crippen LogP contribution in [0.1, 0.15) is 38.2 Å². The molecule has 2 aromatic carbocycles. The molecule has 0 radical (unpaired) electrons. The third-order valence-corrected chi connectivity index (χ3v) is 3.71. The lowest BCUT2D eigenvalue weighted by molar-refractivity contribution is 0.0919. The maximum absolute atomic E-state index is 12.5. The summed E-state index contributed by atoms with van der Waals surface area (Å²) in [5.74, 6) is 0.848. The highest BCUT2D eigenvalue weighted by Gasteiger charge is 2.14. The van der Waals surface area contributed by atoms with E-state index in [1.54, 1.807) is 0 Å². The van der Waals surface area contributed by atoms with Gasteiger partial charge in [-0.25, -0.2) is 0 Å². The summed E-state index contributed by atoms with van der Waals surface area (Å²) < 4.78 is 5.77. The Morgan fingerprint density at radius 1 is 0.905 bits per heavy atom. The Morgan fingerprint density at radius 3 is 1.95 bits per heavy atom. The van der Waals surface area contributed by atoms with Gasteiger partial charge in [-0.1, -0.05) is 35.9 Å². The van der Waals surface area contributed by atoms with Crippen molar-refractivity contribution in [3.8, 4) is 5.75 Å². The van der Waals surface area contributed by atoms with Crippen molar-refractivity contribution >= 4 is 5.78 Å². The first-order chi connectivity index (χ1) is 9.90. The van der Waals surface area contributed by atoms with Crippen LogP contribution in [0.4, 0.5) is 0 Å². The Balaban J connectivity index is 2.20. The highest BCUT2D eigenvalue weighted by atomic mass is 16.5. The van der Waals surface area contributed by atoms with Crippen LogP contribution in [0.2, 0.25) is 0 Å². The molecule has 0 aliphatic carbocycles. The summed E-state index contributed by atoms with van der Waals surface area (Å²) in [6.07, 6.45) is 0. The molecule has 110 valence electrons. The van der Waals surface area contributed by atoms with Crippen molar-refractivity contribution in [3.05, 3.63) is 63.7 Å². The van der Waals surface area contributed by atoms with Crippen LogP contribution in [0, 0.1) is 34.6 Å². The molecule has 0 aliphatic heterocycles. The second-order valence-corrected chi connectivity index (χ2v) is 5.71. The van der Waals surface area contributed by atoms with E-state index in [1.165, 1.54) is 5.56 Å². The summed E-state index contributed by atoms with van der Waals surface area (Å²) in [5.41, 5.74) is 6.11. The SMILES string of the molecule is Cc1cc(C)c(C(=O)COc2c(C)cccc2C)c(C)c1. The molecule has 0 saturated carbocycles. The van der Waals surface area contributed by atoms with E-state index < -0.39 is 0 Å². The van der Waals surface area contributed by atoms with Gasteiger partial charge in [0.1, 0.15) is 5.75 Å². The smallest absolute Gasteiger partial charge is 0.200 e. The van der Waals surface area contributed by atoms with Crippen LogP contribution in [0.5, 0.6) is 5.75 Å². The van der Waals surface area contributed by atoms with Crippen LogP contribution < -0.4 is 4.74 Å². The highest BCUT2D eigenvalue weighted by molar-refractivity contribution is 6.00. The zero-order chi connectivity index (χ0) is 15.6. The van der Waals surface area contributed by atoms with E-state index in [0.29, 0.717) is 0 Å². The maximum atomic E-state index is 12.5. The summed E-state index contributed by atoms with van der Waals surface area (Å²) >= 11 is 0. The summed E-state index contributed by atoms with van der Waals surface area (Å²) in [6, 6.07) is 10.1. The second-order valence-electron chi connectivity index (χ2n) is 5.71. The molecular weight excluding hydrogens is 260 g/mol. The van der Waals surface area contributed by atoms with Gasteiger partial charge in [0, 0.05) is 5.56 Å². The Labute approximate surface area is 126 Å². The second kappa shape index (κ2) is 6.13. The molecule has 0 bridgehead atoms. The zero-order valence-corrected chi connectivity index (χ0v) is 13.4. The van der Waals surface area contributed by atoms with Crippen LogP contribution in [0.15, 0.2) is 30.3 Å². The minimum atomic E-state index is 0.0349. The Bertz CT molecular complexity index is 641. The van der Waals surface area contributed by atoms with E-state index in [4.69, 9.17) is 4.74 Å². The molecule has 0 N–H and O–H groups in total. The third kappa shape index (κ3) is 3.33. The highest BCUT2D eigenvalue weighted by Crippen LogP contribution is 2.23. The van der Waals surface area contributed by atoms with Crippen molar-refractivity contribution in [3.63, 3.8) is 0 Å². The number of benzene rings is 2. The number of aryl methyl sites for hydroxylation is 5. The van der Waals surface area contributed by atoms with Gasteiger partial charge in [0.05, 0.1) is 0 Å². The monoisotopic (exact) mass is 282 g/mol. The molecule has 0 unspecified atom stereocenters. The van der Waals surface area contributed by atoms with E-state index in [0.717, 1.165) is 33.6 Å². The molecule has 21 heavy (non-hydrogen) atoms. The van der Waals surface area contributed by atoms with Gasteiger partial charge in [-0.3, -0.25) is 4.79 Å². The van der Waals surface area contributed by atoms with Crippen molar-refractivity contribution in [2.75, 3.05) is 6.61 Å². The first-order valence-electron chi connectivity index (χ1n) is 7.20. The molecule has 0 aliphatic rings. The number of rotatable bonds is 4. The van der Waals surface area contributed by atoms with Gasteiger partial charge in [-0.15, -0.1) is 0 Å². The Kier molecular flexibility index (Phi) is 4.46. The predicted molar refractivity (Wildman–Crippen MR) is 86.4 cm³/mol. The van der Waals surface area contributed by atoms with Gasteiger partial charge in [0.2, 0.25) is 5.78 Å². The summed E-state index contributed by atoms with van der Waals surface area (Å²) in [5, 5.41) is 0. The lowest BCUT2D eigenvalue weighted by Gasteiger charge is -2.14. The van der Waals surface area contributed by atoms with Gasteiger partial charge in [-0.05, 0) is 56.9 Å². The normalized spacial score (nSPS) is 10.5. The predicted octanol–water partition coefficient (Wildman–Crippen LogP) is 4.49. The Morgan fingerprint density at radius 2 is 1.43 bits per heavy atom. The van der Waals surface area contributed by atoms with E-state index in [9.17, 15) is 4.79 Å². The molecule has 0 atom stereocenters. The van der Waals surface area contributed by atoms with E-state index in [2.05, 4.69) is 0 Å². The lowest BCUT2D eigenvalue weighted by atomic mass is 9.97. The van der Waals surface area contributed by atoms with Crippen LogP contribution in [0.25, 0.3) is 0 Å². The van der Waals surface area contributed by atoms with E-state index in [1.807, 2.05) is 65.0 Å². The van der Waals surface area contributed by atoms with Gasteiger partial charge in [0.25, 0.3) is 0 Å². The first kappa shape index (κ1) is 15.3. The van der Waals surface area contributed by atoms with Crippen LogP contribution >= 0.6 is 0 Å². The summed E-state index contributed by atoms with van der Waals surface area (Å²) in [6.45, 7) is 10.1. The molecule has 2 aromatic rings. The fourth-order valence-corrected chi connectivity index (χ4v) is 2.86. The van der Waals surface area contributed by atoms with Crippen molar-refractivity contribution in [1.82, 2.24) is 0 Å². The molecule has 0 heterocycles. The third-order valence-electron chi connectivity index (χ3n) is 3.71. The Hall–Kier alpha value is -2.09. The molecule has 0 fully saturated rings. The summed E-state index contributed by atoms with van der Waals surface area (Å²) in [4.78, 5) is 12.5. The number of Topliss-reactive ketones (excluding diaryl/α,β-unsaturated/α-hetero) is 1. The van der Waals surface area contributed by atoms with E-state index >= 15 is 0 Å². The summed E-state index contributed by atoms with van der Waals surface area (Å²) in [7, 11) is 0. The maximum Gasteiger partial charge on any atom is 0.200 e. The number of carbonyl (C=O) groups is 1. The molecule has 0 spiro atoms. The first-order valence-corrected chi connectivity index (χ1v) is 7.20. The molecule has 0 saturated heterocycles. The largest absolute Gasteiger partial charge is 0.485 e. The van der Waals surface area contributed by atoms with Crippen LogP contribution in [-0.4, -0.2) is 12.4 Å². The molecule has 2 nitrogen and oxygen atoms in total. The quantitative estimate of drug-likeness (QED) is 0.772. The lowest BCUT2D eigenvalue weighted by Crippen LogP contribution is -2.15. The van der Waals surface area contributed by atoms with Gasteiger partial charge in [0.15, 0.2) is 6.61 Å². The van der Waals surface area contributed by atoms with Crippen molar-refractivity contribution in [1.29, 1.82) is 0 Å². The van der Waals surface area contributed by atoms with Crippen LogP contribution in [-0.2, 0) is 0 Å². The minimum Gasteiger partial charge on any atom is -0.485 e.